The summed E-state index contributed by atoms with van der Waals surface area (Å²) in [6, 6.07) is 11.7. The highest BCUT2D eigenvalue weighted by molar-refractivity contribution is 5.82. The molecule has 1 aromatic heterocycles. The van der Waals surface area contributed by atoms with E-state index < -0.39 is 6.10 Å². The maximum Gasteiger partial charge on any atom is 0.0955 e. The van der Waals surface area contributed by atoms with Crippen LogP contribution < -0.4 is 0 Å². The van der Waals surface area contributed by atoms with Gasteiger partial charge in [0.15, 0.2) is 0 Å². The molecule has 2 aromatic rings. The predicted octanol–water partition coefficient (Wildman–Crippen LogP) is 3.21. The Hall–Kier alpha value is -1.92. The fraction of sp³-hybridized carbons (Fsp3) is 0.333. The van der Waals surface area contributed by atoms with Gasteiger partial charge in [0.2, 0.25) is 0 Å². The van der Waals surface area contributed by atoms with Gasteiger partial charge in [-0.15, -0.1) is 0 Å². The van der Waals surface area contributed by atoms with Crippen LogP contribution in [0.2, 0.25) is 0 Å². The first kappa shape index (κ1) is 12.5. The normalized spacial score (nSPS) is 14.1. The van der Waals surface area contributed by atoms with E-state index in [1.165, 1.54) is 0 Å². The number of aliphatic hydroxyl groups is 1. The molecule has 18 heavy (non-hydrogen) atoms. The zero-order valence-electron chi connectivity index (χ0n) is 10.4. The summed E-state index contributed by atoms with van der Waals surface area (Å²) in [7, 11) is 0. The van der Waals surface area contributed by atoms with Gasteiger partial charge in [0.1, 0.15) is 0 Å². The number of para-hydroxylation sites is 1. The molecule has 1 N–H and O–H groups in total. The van der Waals surface area contributed by atoms with E-state index in [9.17, 15) is 5.11 Å². The molecule has 1 aromatic carbocycles. The lowest BCUT2D eigenvalue weighted by Crippen LogP contribution is -2.11. The minimum absolute atomic E-state index is 0.360. The third kappa shape index (κ3) is 2.34. The molecule has 1 heterocycles. The van der Waals surface area contributed by atoms with Gasteiger partial charge in [0, 0.05) is 11.6 Å². The third-order valence-corrected chi connectivity index (χ3v) is 3.15. The number of hydrogen-bond donors (Lipinski definition) is 1. The summed E-state index contributed by atoms with van der Waals surface area (Å²) in [5.74, 6) is -0.360. The van der Waals surface area contributed by atoms with E-state index in [4.69, 9.17) is 5.26 Å². The van der Waals surface area contributed by atoms with Gasteiger partial charge in [0.05, 0.1) is 23.6 Å². The van der Waals surface area contributed by atoms with Gasteiger partial charge < -0.3 is 5.11 Å². The summed E-state index contributed by atoms with van der Waals surface area (Å²) >= 11 is 0. The van der Waals surface area contributed by atoms with Crippen LogP contribution in [0.5, 0.6) is 0 Å². The van der Waals surface area contributed by atoms with Crippen molar-refractivity contribution in [1.82, 2.24) is 4.98 Å². The second-order valence-electron chi connectivity index (χ2n) is 4.39. The zero-order valence-corrected chi connectivity index (χ0v) is 10.4. The molecule has 0 fully saturated rings. The zero-order chi connectivity index (χ0) is 13.0. The molecule has 3 heteroatoms. The number of fused-ring (bicyclic) bond motifs is 1. The Bertz CT molecular complexity index is 569. The van der Waals surface area contributed by atoms with Gasteiger partial charge in [-0.25, -0.2) is 0 Å². The Balaban J connectivity index is 2.44. The van der Waals surface area contributed by atoms with Crippen LogP contribution in [-0.2, 0) is 0 Å². The Morgan fingerprint density at radius 3 is 2.83 bits per heavy atom. The van der Waals surface area contributed by atoms with E-state index in [0.29, 0.717) is 6.42 Å². The van der Waals surface area contributed by atoms with Crippen molar-refractivity contribution in [3.8, 4) is 6.07 Å². The van der Waals surface area contributed by atoms with Crippen LogP contribution in [0.3, 0.4) is 0 Å². The Labute approximate surface area is 107 Å². The smallest absolute Gasteiger partial charge is 0.0955 e. The summed E-state index contributed by atoms with van der Waals surface area (Å²) in [5, 5.41) is 20.4. The molecule has 0 aliphatic carbocycles. The number of nitrogens with zero attached hydrogens (tertiary/aromatic N) is 2. The lowest BCUT2D eigenvalue weighted by molar-refractivity contribution is 0.131. The minimum atomic E-state index is -0.747. The number of rotatable bonds is 4. The van der Waals surface area contributed by atoms with Crippen LogP contribution in [0.25, 0.3) is 10.9 Å². The average molecular weight is 240 g/mol. The van der Waals surface area contributed by atoms with E-state index in [2.05, 4.69) is 11.1 Å². The predicted molar refractivity (Wildman–Crippen MR) is 70.7 cm³/mol. The topological polar surface area (TPSA) is 56.9 Å². The highest BCUT2D eigenvalue weighted by Gasteiger charge is 2.21. The molecule has 0 radical (unpaired) electrons. The summed E-state index contributed by atoms with van der Waals surface area (Å²) in [4.78, 5) is 4.26. The first-order chi connectivity index (χ1) is 8.77. The van der Waals surface area contributed by atoms with Crippen molar-refractivity contribution in [3.63, 3.8) is 0 Å². The Morgan fingerprint density at radius 2 is 2.11 bits per heavy atom. The van der Waals surface area contributed by atoms with Crippen molar-refractivity contribution in [2.24, 2.45) is 5.92 Å². The summed E-state index contributed by atoms with van der Waals surface area (Å²) < 4.78 is 0. The monoisotopic (exact) mass is 240 g/mol. The standard InChI is InChI=1S/C15H16N2O/c1-2-5-11(10-16)15(18)13-8-9-17-14-7-4-3-6-12(13)14/h3-4,6-9,11,15,18H,2,5H2,1H3. The number of benzene rings is 1. The molecule has 92 valence electrons. The van der Waals surface area contributed by atoms with E-state index in [0.717, 1.165) is 22.9 Å². The van der Waals surface area contributed by atoms with E-state index in [-0.39, 0.29) is 5.92 Å². The fourth-order valence-electron chi connectivity index (χ4n) is 2.20. The van der Waals surface area contributed by atoms with Crippen molar-refractivity contribution in [3.05, 3.63) is 42.1 Å². The molecule has 2 rings (SSSR count). The van der Waals surface area contributed by atoms with Crippen molar-refractivity contribution < 1.29 is 5.11 Å². The largest absolute Gasteiger partial charge is 0.387 e. The molecule has 3 nitrogen and oxygen atoms in total. The number of aromatic nitrogens is 1. The lowest BCUT2D eigenvalue weighted by Gasteiger charge is -2.17. The number of hydrogen-bond acceptors (Lipinski definition) is 3. The van der Waals surface area contributed by atoms with Crippen LogP contribution >= 0.6 is 0 Å². The summed E-state index contributed by atoms with van der Waals surface area (Å²) in [6.07, 6.45) is 2.52. The van der Waals surface area contributed by atoms with Gasteiger partial charge in [-0.05, 0) is 24.1 Å². The first-order valence-corrected chi connectivity index (χ1v) is 6.19. The van der Waals surface area contributed by atoms with Crippen LogP contribution in [0.1, 0.15) is 31.4 Å². The van der Waals surface area contributed by atoms with E-state index in [1.54, 1.807) is 12.3 Å². The molecule has 0 amide bonds. The molecular weight excluding hydrogens is 224 g/mol. The van der Waals surface area contributed by atoms with Gasteiger partial charge >= 0.3 is 0 Å². The lowest BCUT2D eigenvalue weighted by atomic mass is 9.91. The van der Waals surface area contributed by atoms with Crippen LogP contribution in [0.4, 0.5) is 0 Å². The van der Waals surface area contributed by atoms with Crippen LogP contribution in [0, 0.1) is 17.2 Å². The van der Waals surface area contributed by atoms with Crippen LogP contribution in [-0.4, -0.2) is 10.1 Å². The van der Waals surface area contributed by atoms with Gasteiger partial charge in [0.25, 0.3) is 0 Å². The molecule has 2 unspecified atom stereocenters. The second-order valence-corrected chi connectivity index (χ2v) is 4.39. The Morgan fingerprint density at radius 1 is 1.33 bits per heavy atom. The minimum Gasteiger partial charge on any atom is -0.387 e. The Kier molecular flexibility index (Phi) is 3.91. The summed E-state index contributed by atoms with van der Waals surface area (Å²) in [5.41, 5.74) is 1.64. The third-order valence-electron chi connectivity index (χ3n) is 3.15. The molecule has 0 aliphatic rings. The summed E-state index contributed by atoms with van der Waals surface area (Å²) in [6.45, 7) is 2.02. The molecular formula is C15H16N2O. The maximum atomic E-state index is 10.4. The van der Waals surface area contributed by atoms with E-state index in [1.807, 2.05) is 31.2 Å². The van der Waals surface area contributed by atoms with Crippen molar-refractivity contribution in [2.45, 2.75) is 25.9 Å². The van der Waals surface area contributed by atoms with Crippen LogP contribution in [0.15, 0.2) is 36.5 Å². The maximum absolute atomic E-state index is 10.4. The molecule has 0 aliphatic heterocycles. The fourth-order valence-corrected chi connectivity index (χ4v) is 2.20. The van der Waals surface area contributed by atoms with Crippen molar-refractivity contribution in [2.75, 3.05) is 0 Å². The highest BCUT2D eigenvalue weighted by atomic mass is 16.3. The number of pyridine rings is 1. The number of nitriles is 1. The van der Waals surface area contributed by atoms with E-state index >= 15 is 0 Å². The molecule has 2 atom stereocenters. The van der Waals surface area contributed by atoms with Gasteiger partial charge in [-0.1, -0.05) is 31.5 Å². The van der Waals surface area contributed by atoms with Crippen molar-refractivity contribution >= 4 is 10.9 Å². The second kappa shape index (κ2) is 5.61. The molecule has 0 spiro atoms. The molecule has 0 saturated heterocycles. The quantitative estimate of drug-likeness (QED) is 0.892. The van der Waals surface area contributed by atoms with Gasteiger partial charge in [-0.3, -0.25) is 4.98 Å². The number of aliphatic hydroxyl groups excluding tert-OH is 1. The average Bonchev–Trinajstić information content (AvgIpc) is 2.43. The van der Waals surface area contributed by atoms with Crippen molar-refractivity contribution in [1.29, 1.82) is 5.26 Å². The highest BCUT2D eigenvalue weighted by Crippen LogP contribution is 2.29. The SMILES string of the molecule is CCCC(C#N)C(O)c1ccnc2ccccc12. The first-order valence-electron chi connectivity index (χ1n) is 6.19. The van der Waals surface area contributed by atoms with Gasteiger partial charge in [-0.2, -0.15) is 5.26 Å². The molecule has 0 saturated carbocycles. The molecule has 0 bridgehead atoms.